The van der Waals surface area contributed by atoms with E-state index in [0.29, 0.717) is 5.92 Å². The zero-order valence-corrected chi connectivity index (χ0v) is 9.83. The Hall–Kier alpha value is -0.830. The maximum Gasteiger partial charge on any atom is 0.227 e. The van der Waals surface area contributed by atoms with Crippen molar-refractivity contribution in [2.24, 2.45) is 11.8 Å². The number of hydrogen-bond acceptors (Lipinski definition) is 2. The number of nitrogens with zero attached hydrogens (tertiary/aromatic N) is 1. The van der Waals surface area contributed by atoms with Crippen molar-refractivity contribution in [3.8, 4) is 0 Å². The van der Waals surface area contributed by atoms with Crippen LogP contribution in [0.15, 0.2) is 12.7 Å². The van der Waals surface area contributed by atoms with Gasteiger partial charge in [0.15, 0.2) is 0 Å². The van der Waals surface area contributed by atoms with Crippen LogP contribution in [-0.2, 0) is 4.79 Å². The van der Waals surface area contributed by atoms with E-state index in [1.54, 1.807) is 0 Å². The van der Waals surface area contributed by atoms with E-state index in [9.17, 15) is 4.79 Å². The Morgan fingerprint density at radius 3 is 2.87 bits per heavy atom. The summed E-state index contributed by atoms with van der Waals surface area (Å²) in [6, 6.07) is 0. The summed E-state index contributed by atoms with van der Waals surface area (Å²) in [7, 11) is 1.90. The summed E-state index contributed by atoms with van der Waals surface area (Å²) in [6.07, 6.45) is 3.90. The second-order valence-corrected chi connectivity index (χ2v) is 4.43. The summed E-state index contributed by atoms with van der Waals surface area (Å²) < 4.78 is 0. The molecular formula is C12H22N2O. The Morgan fingerprint density at radius 2 is 2.33 bits per heavy atom. The van der Waals surface area contributed by atoms with Crippen LogP contribution in [0.5, 0.6) is 0 Å². The van der Waals surface area contributed by atoms with Crippen molar-refractivity contribution < 1.29 is 4.79 Å². The van der Waals surface area contributed by atoms with E-state index in [2.05, 4.69) is 18.8 Å². The Morgan fingerprint density at radius 1 is 1.60 bits per heavy atom. The number of hydrogen-bond donors (Lipinski definition) is 1. The third kappa shape index (κ3) is 3.34. The topological polar surface area (TPSA) is 32.3 Å². The maximum atomic E-state index is 12.0. The van der Waals surface area contributed by atoms with Gasteiger partial charge in [0, 0.05) is 20.1 Å². The molecule has 0 aliphatic carbocycles. The second kappa shape index (κ2) is 5.91. The highest BCUT2D eigenvalue weighted by Gasteiger charge is 2.31. The van der Waals surface area contributed by atoms with Gasteiger partial charge in [0.1, 0.15) is 0 Å². The van der Waals surface area contributed by atoms with Crippen LogP contribution < -0.4 is 5.32 Å². The lowest BCUT2D eigenvalue weighted by molar-refractivity contribution is -0.134. The number of amides is 1. The molecule has 1 N–H and O–H groups in total. The molecule has 1 aliphatic heterocycles. The Labute approximate surface area is 92.5 Å². The molecule has 3 nitrogen and oxygen atoms in total. The van der Waals surface area contributed by atoms with Crippen molar-refractivity contribution in [3.63, 3.8) is 0 Å². The van der Waals surface area contributed by atoms with Gasteiger partial charge < -0.3 is 10.2 Å². The first kappa shape index (κ1) is 12.2. The summed E-state index contributed by atoms with van der Waals surface area (Å²) >= 11 is 0. The fraction of sp³-hybridized carbons (Fsp3) is 0.750. The average Bonchev–Trinajstić information content (AvgIpc) is 2.63. The molecule has 15 heavy (non-hydrogen) atoms. The van der Waals surface area contributed by atoms with Crippen LogP contribution in [0.2, 0.25) is 0 Å². The van der Waals surface area contributed by atoms with Crippen LogP contribution in [0.1, 0.15) is 19.8 Å². The number of carbonyl (C=O) groups excluding carboxylic acids is 1. The van der Waals surface area contributed by atoms with Gasteiger partial charge in [-0.05, 0) is 25.3 Å². The fourth-order valence-electron chi connectivity index (χ4n) is 2.01. The van der Waals surface area contributed by atoms with Gasteiger partial charge in [-0.25, -0.2) is 0 Å². The smallest absolute Gasteiger partial charge is 0.227 e. The molecule has 1 saturated heterocycles. The lowest BCUT2D eigenvalue weighted by atomic mass is 9.97. The summed E-state index contributed by atoms with van der Waals surface area (Å²) in [5, 5.41) is 3.26. The molecule has 1 aliphatic rings. The van der Waals surface area contributed by atoms with E-state index in [4.69, 9.17) is 0 Å². The van der Waals surface area contributed by atoms with E-state index >= 15 is 0 Å². The molecule has 1 rings (SSSR count). The SMILES string of the molecule is C=CCCCN(C)C(=O)C1CNCC1C. The van der Waals surface area contributed by atoms with Gasteiger partial charge in [0.05, 0.1) is 5.92 Å². The minimum atomic E-state index is 0.179. The van der Waals surface area contributed by atoms with Crippen molar-refractivity contribution in [2.45, 2.75) is 19.8 Å². The monoisotopic (exact) mass is 210 g/mol. The molecule has 0 saturated carbocycles. The van der Waals surface area contributed by atoms with Crippen LogP contribution in [0, 0.1) is 11.8 Å². The molecule has 3 heteroatoms. The summed E-state index contributed by atoms with van der Waals surface area (Å²) in [5.41, 5.74) is 0. The number of carbonyl (C=O) groups is 1. The summed E-state index contributed by atoms with van der Waals surface area (Å²) in [4.78, 5) is 13.9. The van der Waals surface area contributed by atoms with E-state index < -0.39 is 0 Å². The van der Waals surface area contributed by atoms with E-state index in [0.717, 1.165) is 32.5 Å². The largest absolute Gasteiger partial charge is 0.345 e. The van der Waals surface area contributed by atoms with E-state index in [1.807, 2.05) is 18.0 Å². The number of rotatable bonds is 5. The normalized spacial score (nSPS) is 25.2. The molecule has 2 atom stereocenters. The van der Waals surface area contributed by atoms with Crippen LogP contribution >= 0.6 is 0 Å². The molecule has 1 heterocycles. The molecule has 1 fully saturated rings. The predicted octanol–water partition coefficient (Wildman–Crippen LogP) is 1.27. The lowest BCUT2D eigenvalue weighted by Crippen LogP contribution is -2.36. The van der Waals surface area contributed by atoms with Crippen LogP contribution in [0.25, 0.3) is 0 Å². The molecule has 86 valence electrons. The molecule has 1 amide bonds. The van der Waals surface area contributed by atoms with Crippen molar-refractivity contribution in [2.75, 3.05) is 26.7 Å². The third-order valence-corrected chi connectivity index (χ3v) is 3.11. The van der Waals surface area contributed by atoms with Gasteiger partial charge in [0.25, 0.3) is 0 Å². The molecule has 2 unspecified atom stereocenters. The first-order valence-electron chi connectivity index (χ1n) is 5.73. The second-order valence-electron chi connectivity index (χ2n) is 4.43. The van der Waals surface area contributed by atoms with Gasteiger partial charge in [-0.2, -0.15) is 0 Å². The zero-order valence-electron chi connectivity index (χ0n) is 9.83. The highest BCUT2D eigenvalue weighted by molar-refractivity contribution is 5.79. The summed E-state index contributed by atoms with van der Waals surface area (Å²) in [5.74, 6) is 0.939. The lowest BCUT2D eigenvalue weighted by Gasteiger charge is -2.22. The highest BCUT2D eigenvalue weighted by atomic mass is 16.2. The van der Waals surface area contributed by atoms with E-state index in [-0.39, 0.29) is 11.8 Å². The highest BCUT2D eigenvalue weighted by Crippen LogP contribution is 2.18. The average molecular weight is 210 g/mol. The molecule has 0 aromatic heterocycles. The molecule has 0 bridgehead atoms. The predicted molar refractivity (Wildman–Crippen MR) is 62.6 cm³/mol. The fourth-order valence-corrected chi connectivity index (χ4v) is 2.01. The van der Waals surface area contributed by atoms with Gasteiger partial charge >= 0.3 is 0 Å². The standard InChI is InChI=1S/C12H22N2O/c1-4-5-6-7-14(3)12(15)11-9-13-8-10(11)2/h4,10-11,13H,1,5-9H2,2-3H3. The van der Waals surface area contributed by atoms with Gasteiger partial charge in [-0.15, -0.1) is 6.58 Å². The minimum absolute atomic E-state index is 0.179. The van der Waals surface area contributed by atoms with Crippen molar-refractivity contribution in [3.05, 3.63) is 12.7 Å². The number of unbranched alkanes of at least 4 members (excludes halogenated alkanes) is 1. The quantitative estimate of drug-likeness (QED) is 0.547. The van der Waals surface area contributed by atoms with Crippen LogP contribution in [0.3, 0.4) is 0 Å². The van der Waals surface area contributed by atoms with Crippen molar-refractivity contribution >= 4 is 5.91 Å². The van der Waals surface area contributed by atoms with Gasteiger partial charge in [-0.3, -0.25) is 4.79 Å². The van der Waals surface area contributed by atoms with Gasteiger partial charge in [-0.1, -0.05) is 13.0 Å². The molecule has 0 radical (unpaired) electrons. The Kier molecular flexibility index (Phi) is 4.82. The Bertz CT molecular complexity index is 228. The number of allylic oxidation sites excluding steroid dienone is 1. The van der Waals surface area contributed by atoms with Crippen LogP contribution in [-0.4, -0.2) is 37.5 Å². The summed E-state index contributed by atoms with van der Waals surface area (Å²) in [6.45, 7) is 8.47. The zero-order chi connectivity index (χ0) is 11.3. The van der Waals surface area contributed by atoms with Gasteiger partial charge in [0.2, 0.25) is 5.91 Å². The van der Waals surface area contributed by atoms with Crippen LogP contribution in [0.4, 0.5) is 0 Å². The Balaban J connectivity index is 2.34. The van der Waals surface area contributed by atoms with Crippen molar-refractivity contribution in [1.29, 1.82) is 0 Å². The first-order chi connectivity index (χ1) is 7.16. The molecular weight excluding hydrogens is 188 g/mol. The molecule has 0 spiro atoms. The molecule has 0 aromatic rings. The van der Waals surface area contributed by atoms with E-state index in [1.165, 1.54) is 0 Å². The first-order valence-corrected chi connectivity index (χ1v) is 5.73. The van der Waals surface area contributed by atoms with Crippen molar-refractivity contribution in [1.82, 2.24) is 10.2 Å². The molecule has 0 aromatic carbocycles. The minimum Gasteiger partial charge on any atom is -0.345 e. The third-order valence-electron chi connectivity index (χ3n) is 3.11. The maximum absolute atomic E-state index is 12.0. The number of nitrogens with one attached hydrogen (secondary N) is 1.